The monoisotopic (exact) mass is 188 g/mol. The molecular weight excluding hydrogens is 168 g/mol. The van der Waals surface area contributed by atoms with Gasteiger partial charge >= 0.3 is 0 Å². The maximum atomic E-state index is 5.55. The highest BCUT2D eigenvalue weighted by Crippen LogP contribution is 2.08. The Morgan fingerprint density at radius 1 is 1.33 bits per heavy atom. The molecular formula is C10H20OS. The van der Waals surface area contributed by atoms with Gasteiger partial charge < -0.3 is 4.74 Å². The van der Waals surface area contributed by atoms with Crippen LogP contribution < -0.4 is 0 Å². The van der Waals surface area contributed by atoms with Crippen LogP contribution in [0, 0.1) is 5.92 Å². The maximum absolute atomic E-state index is 5.55. The van der Waals surface area contributed by atoms with Crippen molar-refractivity contribution in [3.8, 4) is 0 Å². The highest BCUT2D eigenvalue weighted by Gasteiger charge is 2.09. The summed E-state index contributed by atoms with van der Waals surface area (Å²) in [6.07, 6.45) is 3.51. The fraction of sp³-hybridized carbons (Fsp3) is 0.900. The molecule has 0 aliphatic rings. The third kappa shape index (κ3) is 5.53. The quantitative estimate of drug-likeness (QED) is 0.610. The van der Waals surface area contributed by atoms with Crippen molar-refractivity contribution in [1.29, 1.82) is 0 Å². The minimum atomic E-state index is 0.259. The third-order valence-electron chi connectivity index (χ3n) is 1.99. The lowest BCUT2D eigenvalue weighted by Gasteiger charge is -2.18. The van der Waals surface area contributed by atoms with Gasteiger partial charge in [0.05, 0.1) is 6.10 Å². The van der Waals surface area contributed by atoms with Crippen molar-refractivity contribution in [3.63, 3.8) is 0 Å². The molecule has 0 aromatic heterocycles. The highest BCUT2D eigenvalue weighted by atomic mass is 32.1. The molecule has 0 aliphatic heterocycles. The van der Waals surface area contributed by atoms with Gasteiger partial charge in [-0.15, -0.1) is 0 Å². The van der Waals surface area contributed by atoms with Crippen molar-refractivity contribution in [2.45, 2.75) is 53.1 Å². The lowest BCUT2D eigenvalue weighted by Crippen LogP contribution is -2.18. The molecule has 0 radical (unpaired) electrons. The Morgan fingerprint density at radius 3 is 2.33 bits per heavy atom. The summed E-state index contributed by atoms with van der Waals surface area (Å²) in [7, 11) is 0. The van der Waals surface area contributed by atoms with E-state index in [2.05, 4.69) is 27.7 Å². The lowest BCUT2D eigenvalue weighted by molar-refractivity contribution is 0.158. The van der Waals surface area contributed by atoms with Gasteiger partial charge in [0, 0.05) is 6.42 Å². The van der Waals surface area contributed by atoms with Crippen molar-refractivity contribution in [3.05, 3.63) is 0 Å². The van der Waals surface area contributed by atoms with Crippen LogP contribution in [0.2, 0.25) is 0 Å². The molecule has 0 spiro atoms. The summed E-state index contributed by atoms with van der Waals surface area (Å²) in [4.78, 5) is 0. The Hall–Kier alpha value is -0.110. The molecule has 0 fully saturated rings. The zero-order chi connectivity index (χ0) is 9.56. The molecule has 0 amide bonds. The van der Waals surface area contributed by atoms with Crippen LogP contribution in [0.5, 0.6) is 0 Å². The number of rotatable bonds is 5. The summed E-state index contributed by atoms with van der Waals surface area (Å²) >= 11 is 5.09. The lowest BCUT2D eigenvalue weighted by atomic mass is 10.1. The van der Waals surface area contributed by atoms with Crippen LogP contribution in [0.25, 0.3) is 0 Å². The summed E-state index contributed by atoms with van der Waals surface area (Å²) in [5.74, 6) is 0.546. The second kappa shape index (κ2) is 6.41. The molecule has 1 unspecified atom stereocenters. The van der Waals surface area contributed by atoms with Gasteiger partial charge in [0.25, 0.3) is 0 Å². The normalized spacial score (nSPS) is 13.1. The number of ether oxygens (including phenoxy) is 1. The predicted molar refractivity (Wildman–Crippen MR) is 57.5 cm³/mol. The molecule has 2 heteroatoms. The standard InChI is InChI=1S/C10H20OS/c1-5-6-7-10(12)11-9(4)8(2)3/h8-9H,5-7H2,1-4H3. The van der Waals surface area contributed by atoms with Gasteiger partial charge in [0.2, 0.25) is 0 Å². The van der Waals surface area contributed by atoms with E-state index in [1.165, 1.54) is 6.42 Å². The topological polar surface area (TPSA) is 9.23 Å². The van der Waals surface area contributed by atoms with E-state index in [-0.39, 0.29) is 6.10 Å². The second-order valence-corrected chi connectivity index (χ2v) is 4.00. The summed E-state index contributed by atoms with van der Waals surface area (Å²) in [6, 6.07) is 0. The molecule has 0 aliphatic carbocycles. The minimum absolute atomic E-state index is 0.259. The molecule has 0 rings (SSSR count). The molecule has 0 saturated carbocycles. The van der Waals surface area contributed by atoms with Crippen LogP contribution in [-0.2, 0) is 4.74 Å². The molecule has 0 N–H and O–H groups in total. The molecule has 0 saturated heterocycles. The molecule has 0 bridgehead atoms. The van der Waals surface area contributed by atoms with Crippen molar-refractivity contribution in [2.24, 2.45) is 5.92 Å². The maximum Gasteiger partial charge on any atom is 0.160 e. The van der Waals surface area contributed by atoms with Gasteiger partial charge in [-0.25, -0.2) is 0 Å². The molecule has 0 heterocycles. The zero-order valence-electron chi connectivity index (χ0n) is 8.59. The Kier molecular flexibility index (Phi) is 6.35. The molecule has 12 heavy (non-hydrogen) atoms. The number of unbranched alkanes of at least 4 members (excludes halogenated alkanes) is 1. The van der Waals surface area contributed by atoms with Crippen LogP contribution in [0.15, 0.2) is 0 Å². The summed E-state index contributed by atoms with van der Waals surface area (Å²) < 4.78 is 5.55. The average molecular weight is 188 g/mol. The van der Waals surface area contributed by atoms with Gasteiger partial charge in [-0.05, 0) is 31.5 Å². The molecule has 0 aromatic carbocycles. The Balaban J connectivity index is 3.54. The van der Waals surface area contributed by atoms with E-state index < -0.39 is 0 Å². The smallest absolute Gasteiger partial charge is 0.160 e. The predicted octanol–water partition coefficient (Wildman–Crippen LogP) is 3.57. The van der Waals surface area contributed by atoms with Gasteiger partial charge in [0.15, 0.2) is 5.05 Å². The highest BCUT2D eigenvalue weighted by molar-refractivity contribution is 7.80. The Morgan fingerprint density at radius 2 is 1.92 bits per heavy atom. The van der Waals surface area contributed by atoms with Gasteiger partial charge in [0.1, 0.15) is 0 Å². The molecule has 72 valence electrons. The molecule has 0 aromatic rings. The average Bonchev–Trinajstić information content (AvgIpc) is 2.00. The fourth-order valence-corrected chi connectivity index (χ4v) is 1.02. The van der Waals surface area contributed by atoms with Crippen LogP contribution in [0.1, 0.15) is 47.0 Å². The van der Waals surface area contributed by atoms with E-state index in [4.69, 9.17) is 17.0 Å². The zero-order valence-corrected chi connectivity index (χ0v) is 9.41. The number of thiocarbonyl (C=S) groups is 1. The first-order chi connectivity index (χ1) is 5.57. The summed E-state index contributed by atoms with van der Waals surface area (Å²) in [5.41, 5.74) is 0. The summed E-state index contributed by atoms with van der Waals surface area (Å²) in [6.45, 7) is 8.53. The first-order valence-electron chi connectivity index (χ1n) is 4.77. The molecule has 1 atom stereocenters. The molecule has 1 nitrogen and oxygen atoms in total. The fourth-order valence-electron chi connectivity index (χ4n) is 0.723. The SMILES string of the molecule is CCCCC(=S)OC(C)C(C)C. The van der Waals surface area contributed by atoms with E-state index in [9.17, 15) is 0 Å². The van der Waals surface area contributed by atoms with Gasteiger partial charge in [-0.2, -0.15) is 0 Å². The largest absolute Gasteiger partial charge is 0.484 e. The first kappa shape index (κ1) is 11.9. The van der Waals surface area contributed by atoms with Gasteiger partial charge in [-0.1, -0.05) is 27.2 Å². The van der Waals surface area contributed by atoms with E-state index in [1.54, 1.807) is 0 Å². The van der Waals surface area contributed by atoms with E-state index in [0.29, 0.717) is 5.92 Å². The Labute approximate surface area is 81.5 Å². The second-order valence-electron chi connectivity index (χ2n) is 3.54. The van der Waals surface area contributed by atoms with Crippen LogP contribution >= 0.6 is 12.2 Å². The summed E-state index contributed by atoms with van der Waals surface area (Å²) in [5, 5.41) is 0.776. The van der Waals surface area contributed by atoms with Crippen molar-refractivity contribution >= 4 is 17.3 Å². The van der Waals surface area contributed by atoms with Crippen molar-refractivity contribution < 1.29 is 4.74 Å². The van der Waals surface area contributed by atoms with E-state index in [1.807, 2.05) is 0 Å². The van der Waals surface area contributed by atoms with Gasteiger partial charge in [-0.3, -0.25) is 0 Å². The van der Waals surface area contributed by atoms with Crippen molar-refractivity contribution in [1.82, 2.24) is 0 Å². The third-order valence-corrected chi connectivity index (χ3v) is 2.29. The number of hydrogen-bond acceptors (Lipinski definition) is 2. The first-order valence-corrected chi connectivity index (χ1v) is 5.18. The van der Waals surface area contributed by atoms with E-state index >= 15 is 0 Å². The van der Waals surface area contributed by atoms with E-state index in [0.717, 1.165) is 17.9 Å². The Bertz CT molecular complexity index is 132. The number of hydrogen-bond donors (Lipinski definition) is 0. The van der Waals surface area contributed by atoms with Crippen LogP contribution in [0.4, 0.5) is 0 Å². The van der Waals surface area contributed by atoms with Crippen molar-refractivity contribution in [2.75, 3.05) is 0 Å². The minimum Gasteiger partial charge on any atom is -0.484 e. The van der Waals surface area contributed by atoms with Crippen LogP contribution in [-0.4, -0.2) is 11.2 Å². The van der Waals surface area contributed by atoms with Crippen LogP contribution in [0.3, 0.4) is 0 Å².